The first kappa shape index (κ1) is 14.4. The van der Waals surface area contributed by atoms with Gasteiger partial charge in [-0.1, -0.05) is 44.2 Å². The minimum atomic E-state index is -0.0705. The van der Waals surface area contributed by atoms with Crippen LogP contribution in [0.25, 0.3) is 10.8 Å². The predicted octanol–water partition coefficient (Wildman–Crippen LogP) is 3.38. The molecule has 0 spiro atoms. The molecule has 0 aromatic heterocycles. The van der Waals surface area contributed by atoms with E-state index in [-0.39, 0.29) is 12.5 Å². The van der Waals surface area contributed by atoms with Crippen LogP contribution < -0.4 is 10.1 Å². The fraction of sp³-hybridized carbons (Fsp3) is 0.353. The summed E-state index contributed by atoms with van der Waals surface area (Å²) in [7, 11) is 0. The van der Waals surface area contributed by atoms with Crippen molar-refractivity contribution in [1.29, 1.82) is 0 Å². The molecule has 0 saturated heterocycles. The van der Waals surface area contributed by atoms with Gasteiger partial charge in [0.2, 0.25) is 0 Å². The van der Waals surface area contributed by atoms with E-state index in [0.717, 1.165) is 17.6 Å². The van der Waals surface area contributed by atoms with E-state index in [1.807, 2.05) is 36.4 Å². The monoisotopic (exact) mass is 271 g/mol. The standard InChI is InChI=1S/C17H21NO2/c1-13(2)9-10-18-17(19)12-20-16-8-7-14-5-3-4-6-15(14)11-16/h3-8,11,13H,9-10,12H2,1-2H3,(H,18,19). The van der Waals surface area contributed by atoms with E-state index in [4.69, 9.17) is 4.74 Å². The minimum Gasteiger partial charge on any atom is -0.484 e. The van der Waals surface area contributed by atoms with Crippen LogP contribution in [0.15, 0.2) is 42.5 Å². The number of hydrogen-bond donors (Lipinski definition) is 1. The molecule has 0 aliphatic carbocycles. The van der Waals surface area contributed by atoms with E-state index >= 15 is 0 Å². The van der Waals surface area contributed by atoms with Crippen molar-refractivity contribution >= 4 is 16.7 Å². The number of ether oxygens (including phenoxy) is 1. The highest BCUT2D eigenvalue weighted by Gasteiger charge is 2.03. The highest BCUT2D eigenvalue weighted by Crippen LogP contribution is 2.20. The van der Waals surface area contributed by atoms with Gasteiger partial charge in [0.1, 0.15) is 5.75 Å². The van der Waals surface area contributed by atoms with Crippen molar-refractivity contribution < 1.29 is 9.53 Å². The Bertz CT molecular complexity index is 578. The Kier molecular flexibility index (Phi) is 4.99. The number of carbonyl (C=O) groups is 1. The average molecular weight is 271 g/mol. The fourth-order valence-electron chi connectivity index (χ4n) is 1.96. The summed E-state index contributed by atoms with van der Waals surface area (Å²) in [5, 5.41) is 5.14. The summed E-state index contributed by atoms with van der Waals surface area (Å²) in [5.74, 6) is 1.25. The zero-order valence-corrected chi connectivity index (χ0v) is 12.1. The molecule has 3 heteroatoms. The first-order valence-corrected chi connectivity index (χ1v) is 7.03. The van der Waals surface area contributed by atoms with Crippen LogP contribution in [0, 0.1) is 5.92 Å². The Morgan fingerprint density at radius 3 is 2.65 bits per heavy atom. The molecule has 0 atom stereocenters. The smallest absolute Gasteiger partial charge is 0.257 e. The molecule has 1 N–H and O–H groups in total. The highest BCUT2D eigenvalue weighted by atomic mass is 16.5. The van der Waals surface area contributed by atoms with E-state index in [2.05, 4.69) is 25.2 Å². The summed E-state index contributed by atoms with van der Waals surface area (Å²) < 4.78 is 5.52. The van der Waals surface area contributed by atoms with E-state index in [1.54, 1.807) is 0 Å². The molecule has 0 unspecified atom stereocenters. The molecule has 2 aromatic rings. The van der Waals surface area contributed by atoms with E-state index in [9.17, 15) is 4.79 Å². The van der Waals surface area contributed by atoms with Gasteiger partial charge in [0.25, 0.3) is 5.91 Å². The molecule has 0 heterocycles. The van der Waals surface area contributed by atoms with Crippen LogP contribution in [0.3, 0.4) is 0 Å². The second kappa shape index (κ2) is 6.94. The molecule has 2 rings (SSSR count). The number of fused-ring (bicyclic) bond motifs is 1. The number of nitrogens with one attached hydrogen (secondary N) is 1. The molecule has 3 nitrogen and oxygen atoms in total. The lowest BCUT2D eigenvalue weighted by Crippen LogP contribution is -2.30. The van der Waals surface area contributed by atoms with Gasteiger partial charge in [-0.3, -0.25) is 4.79 Å². The van der Waals surface area contributed by atoms with Gasteiger partial charge in [0.15, 0.2) is 6.61 Å². The van der Waals surface area contributed by atoms with E-state index in [1.165, 1.54) is 5.39 Å². The minimum absolute atomic E-state index is 0.0659. The molecule has 0 bridgehead atoms. The Morgan fingerprint density at radius 2 is 1.90 bits per heavy atom. The molecule has 106 valence electrons. The van der Waals surface area contributed by atoms with Crippen LogP contribution in [0.2, 0.25) is 0 Å². The number of hydrogen-bond acceptors (Lipinski definition) is 2. The third kappa shape index (κ3) is 4.26. The third-order valence-electron chi connectivity index (χ3n) is 3.13. The maximum atomic E-state index is 11.6. The van der Waals surface area contributed by atoms with Crippen molar-refractivity contribution in [3.05, 3.63) is 42.5 Å². The molecular formula is C17H21NO2. The Morgan fingerprint density at radius 1 is 1.15 bits per heavy atom. The zero-order valence-electron chi connectivity index (χ0n) is 12.1. The second-order valence-corrected chi connectivity index (χ2v) is 5.33. The lowest BCUT2D eigenvalue weighted by molar-refractivity contribution is -0.123. The third-order valence-corrected chi connectivity index (χ3v) is 3.13. The zero-order chi connectivity index (χ0) is 14.4. The Hall–Kier alpha value is -2.03. The normalized spacial score (nSPS) is 10.8. The first-order chi connectivity index (χ1) is 9.65. The van der Waals surface area contributed by atoms with Crippen molar-refractivity contribution in [2.24, 2.45) is 5.92 Å². The van der Waals surface area contributed by atoms with Crippen LogP contribution in [-0.2, 0) is 4.79 Å². The lowest BCUT2D eigenvalue weighted by atomic mass is 10.1. The highest BCUT2D eigenvalue weighted by molar-refractivity contribution is 5.84. The quantitative estimate of drug-likeness (QED) is 0.874. The van der Waals surface area contributed by atoms with Crippen LogP contribution in [-0.4, -0.2) is 19.1 Å². The van der Waals surface area contributed by atoms with E-state index in [0.29, 0.717) is 12.5 Å². The van der Waals surface area contributed by atoms with Crippen LogP contribution in [0.4, 0.5) is 0 Å². The SMILES string of the molecule is CC(C)CCNC(=O)COc1ccc2ccccc2c1. The second-order valence-electron chi connectivity index (χ2n) is 5.33. The van der Waals surface area contributed by atoms with Crippen molar-refractivity contribution in [2.45, 2.75) is 20.3 Å². The van der Waals surface area contributed by atoms with Crippen molar-refractivity contribution in [3.8, 4) is 5.75 Å². The van der Waals surface area contributed by atoms with Gasteiger partial charge >= 0.3 is 0 Å². The number of carbonyl (C=O) groups excluding carboxylic acids is 1. The summed E-state index contributed by atoms with van der Waals surface area (Å²) in [6.07, 6.45) is 0.988. The molecule has 0 aliphatic heterocycles. The Labute approximate surface area is 119 Å². The summed E-state index contributed by atoms with van der Waals surface area (Å²) in [6, 6.07) is 13.9. The largest absolute Gasteiger partial charge is 0.484 e. The van der Waals surface area contributed by atoms with Crippen molar-refractivity contribution in [3.63, 3.8) is 0 Å². The van der Waals surface area contributed by atoms with Gasteiger partial charge in [-0.25, -0.2) is 0 Å². The summed E-state index contributed by atoms with van der Waals surface area (Å²) in [6.45, 7) is 5.05. The average Bonchev–Trinajstić information content (AvgIpc) is 2.44. The maximum absolute atomic E-state index is 11.6. The number of rotatable bonds is 6. The van der Waals surface area contributed by atoms with Gasteiger partial charge < -0.3 is 10.1 Å². The fourth-order valence-corrected chi connectivity index (χ4v) is 1.96. The Balaban J connectivity index is 1.84. The molecular weight excluding hydrogens is 250 g/mol. The molecule has 0 radical (unpaired) electrons. The lowest BCUT2D eigenvalue weighted by Gasteiger charge is -2.09. The van der Waals surface area contributed by atoms with Crippen molar-refractivity contribution in [1.82, 2.24) is 5.32 Å². The van der Waals surface area contributed by atoms with Crippen LogP contribution in [0.5, 0.6) is 5.75 Å². The van der Waals surface area contributed by atoms with Gasteiger partial charge in [-0.15, -0.1) is 0 Å². The van der Waals surface area contributed by atoms with Crippen LogP contribution in [0.1, 0.15) is 20.3 Å². The molecule has 20 heavy (non-hydrogen) atoms. The van der Waals surface area contributed by atoms with E-state index < -0.39 is 0 Å². The summed E-state index contributed by atoms with van der Waals surface area (Å²) >= 11 is 0. The number of amides is 1. The van der Waals surface area contributed by atoms with Gasteiger partial charge in [0.05, 0.1) is 0 Å². The van der Waals surface area contributed by atoms with Crippen molar-refractivity contribution in [2.75, 3.05) is 13.2 Å². The number of benzene rings is 2. The van der Waals surface area contributed by atoms with Gasteiger partial charge in [0, 0.05) is 6.54 Å². The molecule has 0 aliphatic rings. The summed E-state index contributed by atoms with van der Waals surface area (Å²) in [4.78, 5) is 11.6. The first-order valence-electron chi connectivity index (χ1n) is 7.03. The van der Waals surface area contributed by atoms with Gasteiger partial charge in [-0.2, -0.15) is 0 Å². The molecule has 0 fully saturated rings. The van der Waals surface area contributed by atoms with Gasteiger partial charge in [-0.05, 0) is 35.2 Å². The molecule has 2 aromatic carbocycles. The van der Waals surface area contributed by atoms with Crippen LogP contribution >= 0.6 is 0 Å². The predicted molar refractivity (Wildman–Crippen MR) is 81.9 cm³/mol. The topological polar surface area (TPSA) is 38.3 Å². The maximum Gasteiger partial charge on any atom is 0.257 e. The molecule has 1 amide bonds. The molecule has 0 saturated carbocycles. The summed E-state index contributed by atoms with van der Waals surface area (Å²) in [5.41, 5.74) is 0.